The molecular formula is C58H72N11O9P. The normalized spacial score (nSPS) is 24.1. The number of benzene rings is 2. The van der Waals surface area contributed by atoms with Gasteiger partial charge in [-0.05, 0) is 132 Å². The third-order valence-corrected chi connectivity index (χ3v) is 18.1. The first-order chi connectivity index (χ1) is 37.7. The maximum Gasteiger partial charge on any atom is 0.470 e. The number of phosphoric ester groups is 1. The average Bonchev–Trinajstić information content (AvgIpc) is 4.29. The molecule has 1 unspecified atom stereocenters. The van der Waals surface area contributed by atoms with Crippen molar-refractivity contribution in [3.05, 3.63) is 107 Å². The summed E-state index contributed by atoms with van der Waals surface area (Å²) in [5.74, 6) is 0.417. The highest BCUT2D eigenvalue weighted by Gasteiger charge is 2.44. The minimum absolute atomic E-state index is 0.0133. The predicted octanol–water partition coefficient (Wildman–Crippen LogP) is 7.83. The Balaban J connectivity index is 0.759. The maximum atomic E-state index is 14.1. The van der Waals surface area contributed by atoms with E-state index in [2.05, 4.69) is 80.2 Å². The molecule has 0 spiro atoms. The Labute approximate surface area is 461 Å². The van der Waals surface area contributed by atoms with Crippen LogP contribution in [-0.2, 0) is 46.4 Å². The van der Waals surface area contributed by atoms with Gasteiger partial charge in [0.25, 0.3) is 17.7 Å². The first kappa shape index (κ1) is 54.3. The molecule has 20 nitrogen and oxygen atoms in total. The number of amides is 3. The van der Waals surface area contributed by atoms with Gasteiger partial charge in [0.1, 0.15) is 11.5 Å². The minimum atomic E-state index is -4.63. The molecule has 79 heavy (non-hydrogen) atoms. The van der Waals surface area contributed by atoms with Gasteiger partial charge in [0.2, 0.25) is 5.91 Å². The number of hydrogen-bond acceptors (Lipinski definition) is 14. The van der Waals surface area contributed by atoms with Crippen molar-refractivity contribution in [1.82, 2.24) is 29.3 Å². The molecule has 5 aromatic rings. The number of carbonyl (C=O) groups is 3. The molecule has 0 bridgehead atoms. The second kappa shape index (κ2) is 21.1. The molecule has 3 amide bonds. The summed E-state index contributed by atoms with van der Waals surface area (Å²) in [7, 11) is -3.12. The lowest BCUT2D eigenvalue weighted by atomic mass is 9.83. The van der Waals surface area contributed by atoms with Crippen molar-refractivity contribution in [3.8, 4) is 17.1 Å². The molecule has 3 fully saturated rings. The lowest BCUT2D eigenvalue weighted by Gasteiger charge is -2.48. The van der Waals surface area contributed by atoms with E-state index < -0.39 is 20.0 Å². The van der Waals surface area contributed by atoms with Crippen LogP contribution in [0, 0.1) is 5.41 Å². The SMILES string of the molecule is C=CC(=O)Nc1cc(Nc2nc(-c3ccnc(N4CCn5c(cc6c5CC(C)(C)C6)C4=O)c3CO)cnc2OC)ccc1N1CCN(C2CCN(c3cccc4c3CN(C3CCC(C)(OP(=O)(O)O)CC3)C4=O)[C@H](C)C2)C[C@@H]1C. The van der Waals surface area contributed by atoms with E-state index in [0.29, 0.717) is 96.9 Å². The van der Waals surface area contributed by atoms with Gasteiger partial charge in [0, 0.05) is 116 Å². The summed E-state index contributed by atoms with van der Waals surface area (Å²) in [5, 5.41) is 17.3. The number of nitrogens with zero attached hydrogens (tertiary/aromatic N) is 9. The van der Waals surface area contributed by atoms with Gasteiger partial charge in [0.05, 0.1) is 42.6 Å². The zero-order chi connectivity index (χ0) is 55.7. The largest absolute Gasteiger partial charge is 0.478 e. The Bertz CT molecular complexity index is 3280. The van der Waals surface area contributed by atoms with E-state index in [1.807, 2.05) is 41.3 Å². The highest BCUT2D eigenvalue weighted by Crippen LogP contribution is 2.48. The number of phosphoric acid groups is 1. The molecule has 3 aromatic heterocycles. The molecule has 4 aliphatic heterocycles. The van der Waals surface area contributed by atoms with E-state index in [0.717, 1.165) is 74.4 Å². The second-order valence-corrected chi connectivity index (χ2v) is 24.5. The van der Waals surface area contributed by atoms with Crippen LogP contribution < -0.4 is 30.1 Å². The molecule has 7 heterocycles. The van der Waals surface area contributed by atoms with Crippen LogP contribution in [0.4, 0.5) is 34.4 Å². The van der Waals surface area contributed by atoms with Crippen LogP contribution in [-0.4, -0.2) is 132 Å². The van der Waals surface area contributed by atoms with Crippen LogP contribution in [0.25, 0.3) is 11.3 Å². The fourth-order valence-electron chi connectivity index (χ4n) is 13.6. The van der Waals surface area contributed by atoms with Gasteiger partial charge < -0.3 is 49.5 Å². The average molecular weight is 1100 g/mol. The van der Waals surface area contributed by atoms with Crippen LogP contribution >= 0.6 is 7.82 Å². The van der Waals surface area contributed by atoms with Gasteiger partial charge in [-0.2, -0.15) is 0 Å². The molecular weight excluding hydrogens is 1030 g/mol. The summed E-state index contributed by atoms with van der Waals surface area (Å²) in [6.45, 7) is 18.8. The molecule has 418 valence electrons. The van der Waals surface area contributed by atoms with Crippen LogP contribution in [0.2, 0.25) is 0 Å². The lowest BCUT2D eigenvalue weighted by Crippen LogP contribution is -2.58. The third kappa shape index (κ3) is 10.5. The maximum absolute atomic E-state index is 14.1. The zero-order valence-corrected chi connectivity index (χ0v) is 46.8. The van der Waals surface area contributed by atoms with Crippen LogP contribution in [0.1, 0.15) is 116 Å². The van der Waals surface area contributed by atoms with E-state index in [9.17, 15) is 33.8 Å². The molecule has 0 radical (unpaired) electrons. The molecule has 5 N–H and O–H groups in total. The second-order valence-electron chi connectivity index (χ2n) is 23.4. The van der Waals surface area contributed by atoms with Crippen molar-refractivity contribution >= 4 is 59.9 Å². The Hall–Kier alpha value is -6.67. The fourth-order valence-corrected chi connectivity index (χ4v) is 14.3. The number of anilines is 6. The Morgan fingerprint density at radius 3 is 2.39 bits per heavy atom. The number of piperazine rings is 1. The summed E-state index contributed by atoms with van der Waals surface area (Å²) in [6, 6.07) is 16.3. The highest BCUT2D eigenvalue weighted by atomic mass is 31.2. The number of nitrogens with one attached hydrogen (secondary N) is 2. The minimum Gasteiger partial charge on any atom is -0.478 e. The van der Waals surface area contributed by atoms with Crippen molar-refractivity contribution in [1.29, 1.82) is 0 Å². The Morgan fingerprint density at radius 2 is 1.67 bits per heavy atom. The molecule has 3 atom stereocenters. The Morgan fingerprint density at radius 1 is 0.886 bits per heavy atom. The van der Waals surface area contributed by atoms with Gasteiger partial charge in [-0.1, -0.05) is 26.5 Å². The fraction of sp³-hybridized carbons (Fsp3) is 0.483. The summed E-state index contributed by atoms with van der Waals surface area (Å²) in [5.41, 5.74) is 8.74. The molecule has 2 saturated heterocycles. The highest BCUT2D eigenvalue weighted by molar-refractivity contribution is 7.46. The van der Waals surface area contributed by atoms with Gasteiger partial charge in [-0.15, -0.1) is 0 Å². The number of fused-ring (bicyclic) bond motifs is 4. The van der Waals surface area contributed by atoms with Crippen molar-refractivity contribution in [3.63, 3.8) is 0 Å². The number of rotatable bonds is 14. The molecule has 1 saturated carbocycles. The van der Waals surface area contributed by atoms with E-state index in [1.54, 1.807) is 30.3 Å². The predicted molar refractivity (Wildman–Crippen MR) is 302 cm³/mol. The third-order valence-electron chi connectivity index (χ3n) is 17.4. The quantitative estimate of drug-likeness (QED) is 0.0527. The van der Waals surface area contributed by atoms with Gasteiger partial charge in [-0.3, -0.25) is 28.7 Å². The van der Waals surface area contributed by atoms with Crippen molar-refractivity contribution < 1.29 is 43.1 Å². The number of pyridine rings is 1. The monoisotopic (exact) mass is 1100 g/mol. The summed E-state index contributed by atoms with van der Waals surface area (Å²) < 4.78 is 24.7. The molecule has 2 aromatic carbocycles. The number of aromatic nitrogens is 4. The van der Waals surface area contributed by atoms with E-state index in [4.69, 9.17) is 14.2 Å². The number of aliphatic hydroxyl groups excluding tert-OH is 1. The number of carbonyl (C=O) groups excluding carboxylic acids is 3. The van der Waals surface area contributed by atoms with Crippen LogP contribution in [0.15, 0.2) is 73.6 Å². The van der Waals surface area contributed by atoms with E-state index >= 15 is 0 Å². The van der Waals surface area contributed by atoms with Gasteiger partial charge >= 0.3 is 7.82 Å². The summed E-state index contributed by atoms with van der Waals surface area (Å²) in [6.07, 6.45) is 10.3. The number of piperidine rings is 1. The van der Waals surface area contributed by atoms with Crippen molar-refractivity contribution in [2.45, 2.75) is 135 Å². The van der Waals surface area contributed by atoms with Gasteiger partial charge in [-0.25, -0.2) is 19.5 Å². The molecule has 6 aliphatic rings. The van der Waals surface area contributed by atoms with Crippen molar-refractivity contribution in [2.75, 3.05) is 65.2 Å². The number of methoxy groups -OCH3 is 1. The summed E-state index contributed by atoms with van der Waals surface area (Å²) >= 11 is 0. The standard InChI is InChI=1S/C58H72N11O9P/c1-8-51(71)62-45-28-38(61-52-54(77-7)60-31-46(63-52)41-16-20-59-53(44(41)34-70)68-25-24-67-49(56(68)73)27-37-29-57(4,5)30-50(37)67)12-13-48(45)66-23-22-64(32-36(66)3)40-17-21-65(35(2)26-40)47-11-9-10-42-43(47)33-69(55(42)72)39-14-18-58(6,19-15-39)78-79(74,75)76/h8-13,16,20,27-28,31,35-36,39-40,70H,1,14-15,17-19,21-26,29-30,32-34H2,2-7H3,(H,61,63)(H,62,71)(H2,74,75,76)/t35-,36+,39?,40?,58?/m1/s1. The lowest BCUT2D eigenvalue weighted by molar-refractivity contribution is -0.111. The summed E-state index contributed by atoms with van der Waals surface area (Å²) in [4.78, 5) is 85.2. The number of aliphatic hydroxyl groups is 1. The first-order valence-electron chi connectivity index (χ1n) is 27.6. The first-order valence-corrected chi connectivity index (χ1v) is 29.1. The topological polar surface area (TPSA) is 231 Å². The smallest absolute Gasteiger partial charge is 0.470 e. The van der Waals surface area contributed by atoms with Crippen LogP contribution in [0.5, 0.6) is 5.88 Å². The molecule has 21 heteroatoms. The van der Waals surface area contributed by atoms with Crippen LogP contribution in [0.3, 0.4) is 0 Å². The number of hydrogen-bond donors (Lipinski definition) is 5. The van der Waals surface area contributed by atoms with Crippen molar-refractivity contribution in [2.24, 2.45) is 5.41 Å². The van der Waals surface area contributed by atoms with E-state index in [1.165, 1.54) is 24.4 Å². The molecule has 11 rings (SSSR count). The molecule has 2 aliphatic carbocycles. The van der Waals surface area contributed by atoms with E-state index in [-0.39, 0.29) is 47.1 Å². The Kier molecular flexibility index (Phi) is 14.5. The van der Waals surface area contributed by atoms with Gasteiger partial charge in [0.15, 0.2) is 5.82 Å². The zero-order valence-electron chi connectivity index (χ0n) is 45.9. The number of ether oxygens (including phenoxy) is 1.